The van der Waals surface area contributed by atoms with Crippen LogP contribution in [0.4, 0.5) is 0 Å². The lowest BCUT2D eigenvalue weighted by atomic mass is 10.1. The monoisotopic (exact) mass is 144 g/mol. The third-order valence-corrected chi connectivity index (χ3v) is 2.29. The van der Waals surface area contributed by atoms with Crippen LogP contribution < -0.4 is 5.73 Å². The summed E-state index contributed by atoms with van der Waals surface area (Å²) in [4.78, 5) is 2.27. The molecule has 0 aliphatic heterocycles. The first-order chi connectivity index (χ1) is 4.63. The van der Waals surface area contributed by atoms with Gasteiger partial charge in [0.05, 0.1) is 0 Å². The highest BCUT2D eigenvalue weighted by Crippen LogP contribution is 2.01. The molecule has 2 atom stereocenters. The molecule has 0 fully saturated rings. The summed E-state index contributed by atoms with van der Waals surface area (Å²) >= 11 is 0. The first kappa shape index (κ1) is 9.92. The molecule has 0 bridgehead atoms. The third-order valence-electron chi connectivity index (χ3n) is 2.29. The minimum absolute atomic E-state index is 0.324. The molecule has 2 nitrogen and oxygen atoms in total. The van der Waals surface area contributed by atoms with Gasteiger partial charge >= 0.3 is 0 Å². The Morgan fingerprint density at radius 3 is 2.20 bits per heavy atom. The molecule has 0 aromatic carbocycles. The Hall–Kier alpha value is -0.0800. The molecule has 0 aromatic heterocycles. The maximum atomic E-state index is 5.85. The number of nitrogens with two attached hydrogens (primary N) is 1. The van der Waals surface area contributed by atoms with Crippen LogP contribution in [-0.2, 0) is 0 Å². The summed E-state index contributed by atoms with van der Waals surface area (Å²) < 4.78 is 0. The summed E-state index contributed by atoms with van der Waals surface area (Å²) in [5.74, 6) is 0. The van der Waals surface area contributed by atoms with Gasteiger partial charge in [-0.1, -0.05) is 13.8 Å². The maximum Gasteiger partial charge on any atom is 0.0215 e. The Labute approximate surface area is 64.4 Å². The fraction of sp³-hybridized carbons (Fsp3) is 1.00. The summed E-state index contributed by atoms with van der Waals surface area (Å²) in [6.07, 6.45) is 1.06. The lowest BCUT2D eigenvalue weighted by molar-refractivity contribution is 0.234. The highest BCUT2D eigenvalue weighted by molar-refractivity contribution is 4.73. The predicted octanol–water partition coefficient (Wildman–Crippen LogP) is 1.06. The average molecular weight is 144 g/mol. The second-order valence-electron chi connectivity index (χ2n) is 2.89. The van der Waals surface area contributed by atoms with Crippen molar-refractivity contribution in [3.05, 3.63) is 0 Å². The lowest BCUT2D eigenvalue weighted by Crippen LogP contribution is -2.43. The van der Waals surface area contributed by atoms with Crippen molar-refractivity contribution in [3.63, 3.8) is 0 Å². The summed E-state index contributed by atoms with van der Waals surface area (Å²) in [7, 11) is 2.11. The Morgan fingerprint density at radius 2 is 1.90 bits per heavy atom. The molecule has 0 aliphatic rings. The van der Waals surface area contributed by atoms with Gasteiger partial charge in [0.25, 0.3) is 0 Å². The van der Waals surface area contributed by atoms with Crippen LogP contribution in [0.15, 0.2) is 0 Å². The van der Waals surface area contributed by atoms with E-state index in [1.807, 2.05) is 0 Å². The standard InChI is InChI=1S/C8H20N2/c1-5-8(9)7(3)10(4)6-2/h7-8H,5-6,9H2,1-4H3. The van der Waals surface area contributed by atoms with Gasteiger partial charge in [0.1, 0.15) is 0 Å². The minimum atomic E-state index is 0.324. The zero-order chi connectivity index (χ0) is 8.15. The van der Waals surface area contributed by atoms with Crippen molar-refractivity contribution in [1.29, 1.82) is 0 Å². The summed E-state index contributed by atoms with van der Waals surface area (Å²) in [5, 5.41) is 0. The topological polar surface area (TPSA) is 29.3 Å². The maximum absolute atomic E-state index is 5.85. The van der Waals surface area contributed by atoms with Crippen molar-refractivity contribution < 1.29 is 0 Å². The molecule has 2 N–H and O–H groups in total. The van der Waals surface area contributed by atoms with E-state index in [4.69, 9.17) is 5.73 Å². The van der Waals surface area contributed by atoms with Gasteiger partial charge in [-0.25, -0.2) is 0 Å². The number of nitrogens with zero attached hydrogens (tertiary/aromatic N) is 1. The molecule has 2 unspecified atom stereocenters. The first-order valence-corrected chi connectivity index (χ1v) is 4.09. The summed E-state index contributed by atoms with van der Waals surface area (Å²) in [6.45, 7) is 7.54. The fourth-order valence-electron chi connectivity index (χ4n) is 0.956. The van der Waals surface area contributed by atoms with E-state index < -0.39 is 0 Å². The van der Waals surface area contributed by atoms with Gasteiger partial charge in [-0.3, -0.25) is 0 Å². The van der Waals surface area contributed by atoms with Crippen molar-refractivity contribution >= 4 is 0 Å². The van der Waals surface area contributed by atoms with E-state index in [0.717, 1.165) is 13.0 Å². The molecule has 0 heterocycles. The first-order valence-electron chi connectivity index (χ1n) is 4.09. The molecule has 2 heteroatoms. The number of hydrogen-bond donors (Lipinski definition) is 1. The van der Waals surface area contributed by atoms with E-state index in [1.54, 1.807) is 0 Å². The SMILES string of the molecule is CCC(N)C(C)N(C)CC. The van der Waals surface area contributed by atoms with E-state index in [1.165, 1.54) is 0 Å². The minimum Gasteiger partial charge on any atom is -0.326 e. The number of rotatable bonds is 4. The zero-order valence-electron chi connectivity index (χ0n) is 7.59. The molecule has 0 spiro atoms. The van der Waals surface area contributed by atoms with Crippen LogP contribution in [0.3, 0.4) is 0 Å². The van der Waals surface area contributed by atoms with Crippen LogP contribution in [0.2, 0.25) is 0 Å². The van der Waals surface area contributed by atoms with Gasteiger partial charge < -0.3 is 10.6 Å². The van der Waals surface area contributed by atoms with Crippen LogP contribution in [0.1, 0.15) is 27.2 Å². The highest BCUT2D eigenvalue weighted by atomic mass is 15.1. The van der Waals surface area contributed by atoms with Crippen molar-refractivity contribution in [2.75, 3.05) is 13.6 Å². The smallest absolute Gasteiger partial charge is 0.0215 e. The molecule has 0 aliphatic carbocycles. The molecule has 10 heavy (non-hydrogen) atoms. The van der Waals surface area contributed by atoms with Gasteiger partial charge in [0.2, 0.25) is 0 Å². The van der Waals surface area contributed by atoms with E-state index in [0.29, 0.717) is 12.1 Å². The second kappa shape index (κ2) is 4.69. The fourth-order valence-corrected chi connectivity index (χ4v) is 0.956. The van der Waals surface area contributed by atoms with Crippen LogP contribution in [0.5, 0.6) is 0 Å². The Bertz CT molecular complexity index is 73.3. The molecule has 0 saturated carbocycles. The Balaban J connectivity index is 3.69. The van der Waals surface area contributed by atoms with E-state index >= 15 is 0 Å². The molecule has 0 aromatic rings. The van der Waals surface area contributed by atoms with Crippen molar-refractivity contribution in [1.82, 2.24) is 4.90 Å². The van der Waals surface area contributed by atoms with Crippen LogP contribution in [0.25, 0.3) is 0 Å². The summed E-state index contributed by atoms with van der Waals surface area (Å²) in [5.41, 5.74) is 5.85. The second-order valence-corrected chi connectivity index (χ2v) is 2.89. The van der Waals surface area contributed by atoms with E-state index in [2.05, 4.69) is 32.7 Å². The molecule has 0 saturated heterocycles. The van der Waals surface area contributed by atoms with E-state index in [-0.39, 0.29) is 0 Å². The van der Waals surface area contributed by atoms with Crippen LogP contribution >= 0.6 is 0 Å². The number of hydrogen-bond acceptors (Lipinski definition) is 2. The van der Waals surface area contributed by atoms with Crippen LogP contribution in [-0.4, -0.2) is 30.6 Å². The molecule has 62 valence electrons. The lowest BCUT2D eigenvalue weighted by Gasteiger charge is -2.27. The molecular weight excluding hydrogens is 124 g/mol. The Morgan fingerprint density at radius 1 is 1.40 bits per heavy atom. The third kappa shape index (κ3) is 2.67. The normalized spacial score (nSPS) is 17.4. The van der Waals surface area contributed by atoms with Gasteiger partial charge in [0.15, 0.2) is 0 Å². The van der Waals surface area contributed by atoms with Gasteiger partial charge in [-0.05, 0) is 26.9 Å². The van der Waals surface area contributed by atoms with Crippen molar-refractivity contribution in [3.8, 4) is 0 Å². The predicted molar refractivity (Wildman–Crippen MR) is 46.0 cm³/mol. The largest absolute Gasteiger partial charge is 0.326 e. The van der Waals surface area contributed by atoms with Gasteiger partial charge in [-0.2, -0.15) is 0 Å². The molecule has 0 amide bonds. The highest BCUT2D eigenvalue weighted by Gasteiger charge is 2.13. The van der Waals surface area contributed by atoms with Crippen molar-refractivity contribution in [2.24, 2.45) is 5.73 Å². The molecular formula is C8H20N2. The van der Waals surface area contributed by atoms with Gasteiger partial charge in [0, 0.05) is 12.1 Å². The number of likely N-dealkylation sites (N-methyl/N-ethyl adjacent to an activating group) is 1. The van der Waals surface area contributed by atoms with Crippen LogP contribution in [0, 0.1) is 0 Å². The van der Waals surface area contributed by atoms with Crippen molar-refractivity contribution in [2.45, 2.75) is 39.3 Å². The van der Waals surface area contributed by atoms with Gasteiger partial charge in [-0.15, -0.1) is 0 Å². The Kier molecular flexibility index (Phi) is 4.65. The average Bonchev–Trinajstić information content (AvgIpc) is 2.00. The quantitative estimate of drug-likeness (QED) is 0.639. The molecule has 0 radical (unpaired) electrons. The zero-order valence-corrected chi connectivity index (χ0v) is 7.59. The molecule has 0 rings (SSSR count). The van der Waals surface area contributed by atoms with E-state index in [9.17, 15) is 0 Å². The summed E-state index contributed by atoms with van der Waals surface area (Å²) in [6, 6.07) is 0.833.